The molecule has 0 heterocycles. The molecule has 0 aromatic heterocycles. The van der Waals surface area contributed by atoms with E-state index in [1.54, 1.807) is 12.1 Å². The Kier molecular flexibility index (Phi) is 4.80. The first-order chi connectivity index (χ1) is 9.90. The summed E-state index contributed by atoms with van der Waals surface area (Å²) in [4.78, 5) is 0. The van der Waals surface area contributed by atoms with Crippen LogP contribution in [0.15, 0.2) is 42.5 Å². The number of halogens is 3. The molecule has 0 bridgehead atoms. The summed E-state index contributed by atoms with van der Waals surface area (Å²) in [5.74, 6) is -0.712. The summed E-state index contributed by atoms with van der Waals surface area (Å²) < 4.78 is 26.6. The van der Waals surface area contributed by atoms with E-state index in [2.05, 4.69) is 5.32 Å². The Morgan fingerprint density at radius 3 is 2.52 bits per heavy atom. The van der Waals surface area contributed by atoms with Gasteiger partial charge in [-0.2, -0.15) is 0 Å². The Balaban J connectivity index is 2.20. The third kappa shape index (κ3) is 4.41. The highest BCUT2D eigenvalue weighted by Crippen LogP contribution is 2.23. The normalized spacial score (nSPS) is 13.8. The first-order valence-electron chi connectivity index (χ1n) is 6.59. The number of hydrogen-bond donors (Lipinski definition) is 2. The molecule has 2 rings (SSSR count). The average molecular weight is 311 g/mol. The Labute approximate surface area is 127 Å². The van der Waals surface area contributed by atoms with Crippen LogP contribution in [-0.4, -0.2) is 12.1 Å². The van der Waals surface area contributed by atoms with E-state index in [0.717, 1.165) is 5.56 Å². The van der Waals surface area contributed by atoms with Gasteiger partial charge in [0.25, 0.3) is 0 Å². The zero-order valence-corrected chi connectivity index (χ0v) is 12.4. The molecule has 0 fully saturated rings. The summed E-state index contributed by atoms with van der Waals surface area (Å²) >= 11 is 5.84. The summed E-state index contributed by atoms with van der Waals surface area (Å²) in [6, 6.07) is 10.6. The zero-order chi connectivity index (χ0) is 15.5. The van der Waals surface area contributed by atoms with Gasteiger partial charge in [0.05, 0.1) is 5.54 Å². The molecule has 21 heavy (non-hydrogen) atoms. The maximum atomic E-state index is 13.4. The molecular formula is C16H17ClF2N2. The number of hydrogen-bond acceptors (Lipinski definition) is 2. The van der Waals surface area contributed by atoms with E-state index < -0.39 is 11.4 Å². The number of nitrogens with one attached hydrogen (secondary N) is 1. The number of anilines is 1. The molecule has 112 valence electrons. The van der Waals surface area contributed by atoms with Gasteiger partial charge in [-0.05, 0) is 49.2 Å². The van der Waals surface area contributed by atoms with Crippen LogP contribution in [0.4, 0.5) is 14.5 Å². The van der Waals surface area contributed by atoms with Gasteiger partial charge in [0, 0.05) is 17.3 Å². The van der Waals surface area contributed by atoms with Crippen LogP contribution in [0.5, 0.6) is 0 Å². The molecule has 2 aromatic carbocycles. The van der Waals surface area contributed by atoms with Gasteiger partial charge in [0.2, 0.25) is 0 Å². The van der Waals surface area contributed by atoms with Crippen molar-refractivity contribution in [2.45, 2.75) is 18.9 Å². The van der Waals surface area contributed by atoms with E-state index in [-0.39, 0.29) is 5.82 Å². The lowest BCUT2D eigenvalue weighted by molar-refractivity contribution is 0.517. The monoisotopic (exact) mass is 310 g/mol. The fourth-order valence-corrected chi connectivity index (χ4v) is 2.46. The fraction of sp³-hybridized carbons (Fsp3) is 0.250. The predicted octanol–water partition coefficient (Wildman–Crippen LogP) is 3.99. The Bertz CT molecular complexity index is 613. The van der Waals surface area contributed by atoms with E-state index in [9.17, 15) is 8.78 Å². The summed E-state index contributed by atoms with van der Waals surface area (Å²) in [5, 5.41) is 3.49. The predicted molar refractivity (Wildman–Crippen MR) is 82.6 cm³/mol. The van der Waals surface area contributed by atoms with Crippen molar-refractivity contribution in [3.8, 4) is 0 Å². The van der Waals surface area contributed by atoms with Gasteiger partial charge in [-0.25, -0.2) is 8.78 Å². The van der Waals surface area contributed by atoms with Crippen LogP contribution >= 0.6 is 11.6 Å². The van der Waals surface area contributed by atoms with Gasteiger partial charge in [-0.1, -0.05) is 23.7 Å². The summed E-state index contributed by atoms with van der Waals surface area (Å²) in [6.45, 7) is 2.20. The molecule has 2 nitrogen and oxygen atoms in total. The van der Waals surface area contributed by atoms with Crippen LogP contribution in [0.2, 0.25) is 5.02 Å². The minimum atomic E-state index is -0.537. The van der Waals surface area contributed by atoms with Gasteiger partial charge >= 0.3 is 0 Å². The Morgan fingerprint density at radius 2 is 1.90 bits per heavy atom. The van der Waals surface area contributed by atoms with Crippen LogP contribution in [-0.2, 0) is 6.42 Å². The molecule has 0 aliphatic heterocycles. The molecule has 1 atom stereocenters. The molecule has 0 aliphatic carbocycles. The van der Waals surface area contributed by atoms with E-state index in [1.165, 1.54) is 24.3 Å². The zero-order valence-electron chi connectivity index (χ0n) is 11.7. The SMILES string of the molecule is CC(CN)(Cc1cccc(F)c1)Nc1cc(F)cc(Cl)c1. The van der Waals surface area contributed by atoms with E-state index in [1.807, 2.05) is 13.0 Å². The number of benzene rings is 2. The third-order valence-corrected chi connectivity index (χ3v) is 3.46. The minimum absolute atomic E-state index is 0.291. The van der Waals surface area contributed by atoms with Crippen molar-refractivity contribution in [3.05, 3.63) is 64.7 Å². The Morgan fingerprint density at radius 1 is 1.14 bits per heavy atom. The maximum absolute atomic E-state index is 13.4. The van der Waals surface area contributed by atoms with Crippen molar-refractivity contribution in [3.63, 3.8) is 0 Å². The smallest absolute Gasteiger partial charge is 0.126 e. The van der Waals surface area contributed by atoms with E-state index in [0.29, 0.717) is 23.7 Å². The molecule has 2 aromatic rings. The molecule has 0 aliphatic rings. The van der Waals surface area contributed by atoms with Crippen molar-refractivity contribution in [2.24, 2.45) is 5.73 Å². The van der Waals surface area contributed by atoms with Gasteiger partial charge in [-0.15, -0.1) is 0 Å². The highest BCUT2D eigenvalue weighted by atomic mass is 35.5. The molecule has 0 spiro atoms. The van der Waals surface area contributed by atoms with Crippen molar-refractivity contribution in [2.75, 3.05) is 11.9 Å². The summed E-state index contributed by atoms with van der Waals surface area (Å²) in [5.41, 5.74) is 6.66. The summed E-state index contributed by atoms with van der Waals surface area (Å²) in [6.07, 6.45) is 0.509. The second-order valence-corrected chi connectivity index (χ2v) is 5.79. The van der Waals surface area contributed by atoms with Crippen LogP contribution < -0.4 is 11.1 Å². The number of rotatable bonds is 5. The molecule has 3 N–H and O–H groups in total. The van der Waals surface area contributed by atoms with Gasteiger partial charge in [0.1, 0.15) is 11.6 Å². The fourth-order valence-electron chi connectivity index (χ4n) is 2.24. The van der Waals surface area contributed by atoms with Crippen LogP contribution in [0, 0.1) is 11.6 Å². The first-order valence-corrected chi connectivity index (χ1v) is 6.97. The minimum Gasteiger partial charge on any atom is -0.378 e. The molecule has 0 radical (unpaired) electrons. The highest BCUT2D eigenvalue weighted by Gasteiger charge is 2.23. The van der Waals surface area contributed by atoms with Gasteiger partial charge in [-0.3, -0.25) is 0 Å². The largest absolute Gasteiger partial charge is 0.378 e. The van der Waals surface area contributed by atoms with Gasteiger partial charge in [0.15, 0.2) is 0 Å². The highest BCUT2D eigenvalue weighted by molar-refractivity contribution is 6.30. The second-order valence-electron chi connectivity index (χ2n) is 5.35. The first kappa shape index (κ1) is 15.7. The lowest BCUT2D eigenvalue weighted by Crippen LogP contribution is -2.44. The van der Waals surface area contributed by atoms with Crippen molar-refractivity contribution >= 4 is 17.3 Å². The quantitative estimate of drug-likeness (QED) is 0.876. The standard InChI is InChI=1S/C16H17ClF2N2/c1-16(10-20,9-11-3-2-4-13(18)5-11)21-15-7-12(17)6-14(19)8-15/h2-8,21H,9-10,20H2,1H3. The lowest BCUT2D eigenvalue weighted by atomic mass is 9.92. The molecule has 5 heteroatoms. The van der Waals surface area contributed by atoms with Crippen molar-refractivity contribution < 1.29 is 8.78 Å². The van der Waals surface area contributed by atoms with Crippen LogP contribution in [0.25, 0.3) is 0 Å². The maximum Gasteiger partial charge on any atom is 0.126 e. The molecular weight excluding hydrogens is 294 g/mol. The molecule has 1 unspecified atom stereocenters. The molecule has 0 saturated heterocycles. The second kappa shape index (κ2) is 6.41. The van der Waals surface area contributed by atoms with Crippen molar-refractivity contribution in [1.29, 1.82) is 0 Å². The topological polar surface area (TPSA) is 38.0 Å². The van der Waals surface area contributed by atoms with Crippen LogP contribution in [0.1, 0.15) is 12.5 Å². The van der Waals surface area contributed by atoms with Crippen molar-refractivity contribution in [1.82, 2.24) is 0 Å². The average Bonchev–Trinajstić information content (AvgIpc) is 2.37. The molecule has 0 amide bonds. The molecule has 0 saturated carbocycles. The van der Waals surface area contributed by atoms with Crippen LogP contribution in [0.3, 0.4) is 0 Å². The van der Waals surface area contributed by atoms with Gasteiger partial charge < -0.3 is 11.1 Å². The summed E-state index contributed by atoms with van der Waals surface area (Å²) in [7, 11) is 0. The van der Waals surface area contributed by atoms with E-state index in [4.69, 9.17) is 17.3 Å². The lowest BCUT2D eigenvalue weighted by Gasteiger charge is -2.31. The van der Waals surface area contributed by atoms with E-state index >= 15 is 0 Å². The third-order valence-electron chi connectivity index (χ3n) is 3.24. The number of nitrogens with two attached hydrogens (primary N) is 1. The Hall–Kier alpha value is -1.65.